The average molecular weight is 199 g/mol. The average Bonchev–Trinajstić information content (AvgIpc) is 2.15. The summed E-state index contributed by atoms with van der Waals surface area (Å²) in [5.74, 6) is -1.06. The molecule has 0 bridgehead atoms. The number of aliphatic carboxylic acids is 1. The van der Waals surface area contributed by atoms with Crippen molar-refractivity contribution in [2.45, 2.75) is 12.5 Å². The van der Waals surface area contributed by atoms with E-state index in [9.17, 15) is 4.79 Å². The highest BCUT2D eigenvalue weighted by atomic mass is 16.5. The molecule has 78 valence electrons. The zero-order valence-electron chi connectivity index (χ0n) is 7.47. The first-order valence-electron chi connectivity index (χ1n) is 3.90. The van der Waals surface area contributed by atoms with Gasteiger partial charge in [-0.2, -0.15) is 5.48 Å². The van der Waals surface area contributed by atoms with Gasteiger partial charge in [0.05, 0.1) is 0 Å². The molecule has 0 aliphatic carbocycles. The number of hydrogen-bond acceptors (Lipinski definition) is 3. The maximum atomic E-state index is 10.5. The number of hydroxylamine groups is 1. The van der Waals surface area contributed by atoms with Crippen molar-refractivity contribution in [1.82, 2.24) is 5.48 Å². The fourth-order valence-electron chi connectivity index (χ4n) is 1.04. The Morgan fingerprint density at radius 1 is 1.36 bits per heavy atom. The predicted molar refractivity (Wildman–Crippen MR) is 50.1 cm³/mol. The lowest BCUT2D eigenvalue weighted by Gasteiger charge is -2.09. The van der Waals surface area contributed by atoms with E-state index in [4.69, 9.17) is 10.3 Å². The molecule has 1 aromatic rings. The molecule has 0 amide bonds. The molecule has 0 saturated carbocycles. The van der Waals surface area contributed by atoms with E-state index in [-0.39, 0.29) is 11.9 Å². The van der Waals surface area contributed by atoms with Crippen LogP contribution in [0.2, 0.25) is 0 Å². The van der Waals surface area contributed by atoms with Crippen LogP contribution in [0.4, 0.5) is 0 Å². The summed E-state index contributed by atoms with van der Waals surface area (Å²) in [6, 6.07) is 8.19. The summed E-state index contributed by atoms with van der Waals surface area (Å²) in [4.78, 5) is 10.5. The second-order valence-electron chi connectivity index (χ2n) is 2.71. The maximum absolute atomic E-state index is 10.5. The minimum Gasteiger partial charge on any atom is -0.480 e. The highest BCUT2D eigenvalue weighted by molar-refractivity contribution is 5.73. The van der Waals surface area contributed by atoms with Crippen molar-refractivity contribution < 1.29 is 20.6 Å². The molecular weight excluding hydrogens is 186 g/mol. The van der Waals surface area contributed by atoms with Crippen molar-refractivity contribution in [3.05, 3.63) is 35.9 Å². The number of nitrogens with one attached hydrogen (secondary N) is 1. The van der Waals surface area contributed by atoms with Crippen molar-refractivity contribution in [2.75, 3.05) is 0 Å². The molecule has 0 spiro atoms. The summed E-state index contributed by atoms with van der Waals surface area (Å²) in [5.41, 5.74) is 2.62. The Hall–Kier alpha value is -1.43. The van der Waals surface area contributed by atoms with Crippen LogP contribution in [0.5, 0.6) is 0 Å². The third-order valence-electron chi connectivity index (χ3n) is 1.74. The normalized spacial score (nSPS) is 11.5. The second kappa shape index (κ2) is 6.09. The van der Waals surface area contributed by atoms with Gasteiger partial charge in [0.2, 0.25) is 0 Å². The number of carboxylic acid groups (broad SMARTS) is 1. The summed E-state index contributed by atoms with van der Waals surface area (Å²) >= 11 is 0. The first-order valence-corrected chi connectivity index (χ1v) is 3.90. The number of benzene rings is 1. The lowest BCUT2D eigenvalue weighted by molar-refractivity contribution is -0.142. The number of carboxylic acids is 1. The van der Waals surface area contributed by atoms with Gasteiger partial charge in [0, 0.05) is 6.42 Å². The molecule has 5 N–H and O–H groups in total. The Kier molecular flexibility index (Phi) is 5.47. The van der Waals surface area contributed by atoms with E-state index in [1.165, 1.54) is 0 Å². The van der Waals surface area contributed by atoms with E-state index >= 15 is 0 Å². The highest BCUT2D eigenvalue weighted by Gasteiger charge is 2.15. The standard InChI is InChI=1S/C9H11NO3.H2O/c11-9(12)8(10-13)6-7-4-2-1-3-5-7;/h1-5,8,10,13H,6H2,(H,11,12);1H2/t8-;/m0./s1. The minimum absolute atomic E-state index is 0. The van der Waals surface area contributed by atoms with Crippen molar-refractivity contribution in [3.63, 3.8) is 0 Å². The van der Waals surface area contributed by atoms with Gasteiger partial charge in [-0.1, -0.05) is 30.3 Å². The summed E-state index contributed by atoms with van der Waals surface area (Å²) in [6.07, 6.45) is 0.271. The van der Waals surface area contributed by atoms with Crippen molar-refractivity contribution in [1.29, 1.82) is 0 Å². The van der Waals surface area contributed by atoms with Crippen LogP contribution >= 0.6 is 0 Å². The second-order valence-corrected chi connectivity index (χ2v) is 2.71. The molecule has 0 fully saturated rings. The van der Waals surface area contributed by atoms with Crippen LogP contribution in [0.15, 0.2) is 30.3 Å². The quantitative estimate of drug-likeness (QED) is 0.586. The van der Waals surface area contributed by atoms with Gasteiger partial charge in [0.1, 0.15) is 6.04 Å². The van der Waals surface area contributed by atoms with E-state index in [0.29, 0.717) is 0 Å². The van der Waals surface area contributed by atoms with Gasteiger partial charge in [0.25, 0.3) is 0 Å². The van der Waals surface area contributed by atoms with Gasteiger partial charge in [0.15, 0.2) is 0 Å². The van der Waals surface area contributed by atoms with E-state index in [2.05, 4.69) is 0 Å². The molecule has 1 aromatic carbocycles. The zero-order chi connectivity index (χ0) is 9.68. The lowest BCUT2D eigenvalue weighted by Crippen LogP contribution is -2.36. The van der Waals surface area contributed by atoms with Gasteiger partial charge in [-0.15, -0.1) is 0 Å². The van der Waals surface area contributed by atoms with Gasteiger partial charge in [-0.25, -0.2) is 0 Å². The predicted octanol–water partition coefficient (Wildman–Crippen LogP) is -0.164. The first kappa shape index (κ1) is 12.6. The van der Waals surface area contributed by atoms with Crippen LogP contribution in [0.25, 0.3) is 0 Å². The number of hydrogen-bond donors (Lipinski definition) is 3. The molecule has 5 heteroatoms. The van der Waals surface area contributed by atoms with Crippen LogP contribution in [-0.2, 0) is 11.2 Å². The highest BCUT2D eigenvalue weighted by Crippen LogP contribution is 2.02. The third kappa shape index (κ3) is 3.53. The molecule has 14 heavy (non-hydrogen) atoms. The van der Waals surface area contributed by atoms with Crippen LogP contribution < -0.4 is 5.48 Å². The topological polar surface area (TPSA) is 101 Å². The molecular formula is C9H13NO4. The summed E-state index contributed by atoms with van der Waals surface area (Å²) in [6.45, 7) is 0. The SMILES string of the molecule is O.O=C(O)[C@H](Cc1ccccc1)NO. The number of rotatable bonds is 4. The molecule has 0 saturated heterocycles. The molecule has 0 heterocycles. The van der Waals surface area contributed by atoms with Gasteiger partial charge in [-0.3, -0.25) is 4.79 Å². The van der Waals surface area contributed by atoms with E-state index < -0.39 is 12.0 Å². The van der Waals surface area contributed by atoms with Crippen molar-refractivity contribution >= 4 is 5.97 Å². The Morgan fingerprint density at radius 3 is 2.36 bits per heavy atom. The molecule has 0 radical (unpaired) electrons. The summed E-state index contributed by atoms with van der Waals surface area (Å²) in [7, 11) is 0. The fraction of sp³-hybridized carbons (Fsp3) is 0.222. The first-order chi connectivity index (χ1) is 6.24. The fourth-order valence-corrected chi connectivity index (χ4v) is 1.04. The summed E-state index contributed by atoms with van der Waals surface area (Å²) in [5, 5.41) is 17.1. The van der Waals surface area contributed by atoms with E-state index in [1.807, 2.05) is 30.3 Å². The van der Waals surface area contributed by atoms with Gasteiger partial charge in [-0.05, 0) is 5.56 Å². The van der Waals surface area contributed by atoms with Gasteiger partial charge >= 0.3 is 5.97 Å². The maximum Gasteiger partial charge on any atom is 0.323 e. The molecule has 0 unspecified atom stereocenters. The number of carbonyl (C=O) groups is 1. The Bertz CT molecular complexity index is 275. The van der Waals surface area contributed by atoms with Crippen LogP contribution in [0.3, 0.4) is 0 Å². The molecule has 0 aromatic heterocycles. The molecule has 1 atom stereocenters. The Balaban J connectivity index is 0.00000169. The summed E-state index contributed by atoms with van der Waals surface area (Å²) < 4.78 is 0. The van der Waals surface area contributed by atoms with Crippen molar-refractivity contribution in [3.8, 4) is 0 Å². The Labute approximate surface area is 81.3 Å². The third-order valence-corrected chi connectivity index (χ3v) is 1.74. The van der Waals surface area contributed by atoms with Gasteiger partial charge < -0.3 is 15.8 Å². The monoisotopic (exact) mass is 199 g/mol. The largest absolute Gasteiger partial charge is 0.480 e. The van der Waals surface area contributed by atoms with E-state index in [0.717, 1.165) is 5.56 Å². The zero-order valence-corrected chi connectivity index (χ0v) is 7.47. The Morgan fingerprint density at radius 2 is 1.93 bits per heavy atom. The molecule has 1 rings (SSSR count). The van der Waals surface area contributed by atoms with Crippen molar-refractivity contribution in [2.24, 2.45) is 0 Å². The molecule has 0 aliphatic rings. The van der Waals surface area contributed by atoms with Crippen LogP contribution in [0.1, 0.15) is 5.56 Å². The minimum atomic E-state index is -1.06. The van der Waals surface area contributed by atoms with Crippen LogP contribution in [0, 0.1) is 0 Å². The molecule has 5 nitrogen and oxygen atoms in total. The smallest absolute Gasteiger partial charge is 0.323 e. The van der Waals surface area contributed by atoms with Crippen LogP contribution in [-0.4, -0.2) is 27.8 Å². The van der Waals surface area contributed by atoms with E-state index in [1.54, 1.807) is 5.48 Å². The molecule has 0 aliphatic heterocycles. The lowest BCUT2D eigenvalue weighted by atomic mass is 10.1.